The Morgan fingerprint density at radius 2 is 1.65 bits per heavy atom. The highest BCUT2D eigenvalue weighted by Crippen LogP contribution is 2.33. The average Bonchev–Trinajstić information content (AvgIpc) is 3.08. The van der Waals surface area contributed by atoms with Gasteiger partial charge in [-0.3, -0.25) is 15.0 Å². The Hall–Kier alpha value is -4.57. The first-order valence-electron chi connectivity index (χ1n) is 14.7. The molecule has 0 aromatic heterocycles. The maximum absolute atomic E-state index is 13.9. The number of rotatable bonds is 10. The number of aliphatic hydroxyl groups excluding tert-OH is 4. The average molecular weight is 636 g/mol. The third kappa shape index (κ3) is 7.45. The van der Waals surface area contributed by atoms with E-state index >= 15 is 0 Å². The van der Waals surface area contributed by atoms with E-state index in [1.165, 1.54) is 6.07 Å². The molecule has 2 aliphatic rings. The monoisotopic (exact) mass is 635 g/mol. The Balaban J connectivity index is 1.42. The number of anilines is 2. The lowest BCUT2D eigenvalue weighted by molar-refractivity contribution is -0.277. The summed E-state index contributed by atoms with van der Waals surface area (Å²) in [5, 5.41) is 54.4. The minimum Gasteiger partial charge on any atom is -0.462 e. The molecule has 9 N–H and O–H groups in total. The van der Waals surface area contributed by atoms with E-state index in [-0.39, 0.29) is 17.5 Å². The van der Waals surface area contributed by atoms with Crippen molar-refractivity contribution < 1.29 is 44.2 Å². The largest absolute Gasteiger partial charge is 0.462 e. The van der Waals surface area contributed by atoms with Crippen LogP contribution < -0.4 is 21.1 Å². The van der Waals surface area contributed by atoms with Gasteiger partial charge in [-0.15, -0.1) is 0 Å². The van der Waals surface area contributed by atoms with Crippen LogP contribution in [0.4, 0.5) is 11.4 Å². The lowest BCUT2D eigenvalue weighted by Crippen LogP contribution is -2.60. The van der Waals surface area contributed by atoms with Crippen molar-refractivity contribution in [2.75, 3.05) is 43.5 Å². The van der Waals surface area contributed by atoms with Crippen LogP contribution >= 0.6 is 0 Å². The van der Waals surface area contributed by atoms with Crippen molar-refractivity contribution in [3.8, 4) is 5.75 Å². The molecule has 2 heterocycles. The van der Waals surface area contributed by atoms with Crippen LogP contribution in [0.2, 0.25) is 0 Å². The van der Waals surface area contributed by atoms with Gasteiger partial charge >= 0.3 is 0 Å². The predicted octanol–water partition coefficient (Wildman–Crippen LogP) is 0.414. The molecule has 0 spiro atoms. The number of amidine groups is 1. The standard InChI is InChI=1S/C32H37N5O9/c33-29(34)19-4-3-5-21(16-19)35-25(30(42)36-20-10-8-18(9-11-20)31(43)37-12-14-44-15-13-37)22-6-1-2-7-23(22)45-32-28(41)27(40)26(39)24(17-38)46-32/h1-11,16,24-28,32,35,38-41H,12-15,17H2,(H3,33,34)(H,36,42). The zero-order chi connectivity index (χ0) is 32.8. The van der Waals surface area contributed by atoms with E-state index < -0.39 is 49.3 Å². The van der Waals surface area contributed by atoms with E-state index in [1.54, 1.807) is 71.6 Å². The molecule has 14 heteroatoms. The van der Waals surface area contributed by atoms with E-state index in [0.29, 0.717) is 54.4 Å². The molecule has 0 bridgehead atoms. The van der Waals surface area contributed by atoms with Gasteiger partial charge in [-0.05, 0) is 42.5 Å². The Bertz CT molecular complexity index is 1530. The van der Waals surface area contributed by atoms with Crippen LogP contribution in [0.3, 0.4) is 0 Å². The van der Waals surface area contributed by atoms with Gasteiger partial charge < -0.3 is 55.9 Å². The number of hydrogen-bond donors (Lipinski definition) is 8. The van der Waals surface area contributed by atoms with Gasteiger partial charge in [-0.1, -0.05) is 30.3 Å². The van der Waals surface area contributed by atoms with E-state index in [9.17, 15) is 30.0 Å². The fourth-order valence-electron chi connectivity index (χ4n) is 5.20. The minimum absolute atomic E-state index is 0.105. The van der Waals surface area contributed by atoms with E-state index in [0.717, 1.165) is 0 Å². The summed E-state index contributed by atoms with van der Waals surface area (Å²) >= 11 is 0. The predicted molar refractivity (Wildman–Crippen MR) is 166 cm³/mol. The number of nitrogens with zero attached hydrogens (tertiary/aromatic N) is 1. The molecule has 2 aliphatic heterocycles. The summed E-state index contributed by atoms with van der Waals surface area (Å²) in [7, 11) is 0. The number of para-hydroxylation sites is 1. The smallest absolute Gasteiger partial charge is 0.254 e. The van der Waals surface area contributed by atoms with Crippen molar-refractivity contribution in [3.63, 3.8) is 0 Å². The van der Waals surface area contributed by atoms with Gasteiger partial charge in [0.05, 0.1) is 19.8 Å². The van der Waals surface area contributed by atoms with Crippen LogP contribution in [0.15, 0.2) is 72.8 Å². The zero-order valence-electron chi connectivity index (χ0n) is 24.8. The summed E-state index contributed by atoms with van der Waals surface area (Å²) in [6, 6.07) is 18.5. The molecule has 0 saturated carbocycles. The number of nitrogens with two attached hydrogens (primary N) is 1. The first kappa shape index (κ1) is 32.8. The molecular formula is C32H37N5O9. The molecule has 2 amide bonds. The van der Waals surface area contributed by atoms with Gasteiger partial charge in [0.1, 0.15) is 42.0 Å². The third-order valence-corrected chi connectivity index (χ3v) is 7.77. The molecule has 5 rings (SSSR count). The molecule has 244 valence electrons. The molecule has 2 saturated heterocycles. The third-order valence-electron chi connectivity index (χ3n) is 7.77. The van der Waals surface area contributed by atoms with Crippen molar-refractivity contribution in [2.24, 2.45) is 5.73 Å². The Morgan fingerprint density at radius 1 is 0.935 bits per heavy atom. The zero-order valence-corrected chi connectivity index (χ0v) is 24.8. The Labute approximate surface area is 264 Å². The number of carbonyl (C=O) groups is 2. The number of hydrogen-bond acceptors (Lipinski definition) is 11. The van der Waals surface area contributed by atoms with Crippen molar-refractivity contribution >= 4 is 29.0 Å². The maximum Gasteiger partial charge on any atom is 0.254 e. The first-order chi connectivity index (χ1) is 22.2. The van der Waals surface area contributed by atoms with E-state index in [1.807, 2.05) is 0 Å². The second kappa shape index (κ2) is 14.7. The minimum atomic E-state index is -1.67. The molecule has 0 radical (unpaired) electrons. The van der Waals surface area contributed by atoms with Crippen LogP contribution in [0, 0.1) is 5.41 Å². The Kier molecular flexibility index (Phi) is 10.5. The van der Waals surface area contributed by atoms with Crippen molar-refractivity contribution in [1.29, 1.82) is 5.41 Å². The normalized spacial score (nSPS) is 23.7. The Morgan fingerprint density at radius 3 is 2.35 bits per heavy atom. The number of morpholine rings is 1. The van der Waals surface area contributed by atoms with Crippen LogP contribution in [-0.2, 0) is 14.3 Å². The molecule has 6 atom stereocenters. The topological polar surface area (TPSA) is 220 Å². The highest BCUT2D eigenvalue weighted by molar-refractivity contribution is 6.00. The number of amides is 2. The summed E-state index contributed by atoms with van der Waals surface area (Å²) in [5.41, 5.74) is 7.76. The molecule has 14 nitrogen and oxygen atoms in total. The molecular weight excluding hydrogens is 598 g/mol. The SMILES string of the molecule is N=C(N)c1cccc(NC(C(=O)Nc2ccc(C(=O)N3CCOCC3)cc2)c2ccccc2OC2OC(CO)C(O)C(O)C2O)c1. The van der Waals surface area contributed by atoms with Gasteiger partial charge in [0, 0.05) is 41.2 Å². The summed E-state index contributed by atoms with van der Waals surface area (Å²) in [6.45, 7) is 1.32. The van der Waals surface area contributed by atoms with Crippen molar-refractivity contribution in [3.05, 3.63) is 89.5 Å². The van der Waals surface area contributed by atoms with Crippen LogP contribution in [-0.4, -0.2) is 107 Å². The van der Waals surface area contributed by atoms with Gasteiger partial charge in [0.25, 0.3) is 11.8 Å². The number of carbonyl (C=O) groups excluding carboxylic acids is 2. The van der Waals surface area contributed by atoms with Crippen LogP contribution in [0.25, 0.3) is 0 Å². The molecule has 3 aromatic rings. The van der Waals surface area contributed by atoms with Gasteiger partial charge in [0.15, 0.2) is 0 Å². The number of aliphatic hydroxyl groups is 4. The van der Waals surface area contributed by atoms with Crippen LogP contribution in [0.1, 0.15) is 27.5 Å². The highest BCUT2D eigenvalue weighted by Gasteiger charge is 2.45. The molecule has 0 aliphatic carbocycles. The highest BCUT2D eigenvalue weighted by atomic mass is 16.7. The number of benzene rings is 3. The summed E-state index contributed by atoms with van der Waals surface area (Å²) < 4.78 is 16.8. The molecule has 46 heavy (non-hydrogen) atoms. The number of nitrogens with one attached hydrogen (secondary N) is 3. The van der Waals surface area contributed by atoms with Crippen LogP contribution in [0.5, 0.6) is 5.75 Å². The second-order valence-corrected chi connectivity index (χ2v) is 10.9. The van der Waals surface area contributed by atoms with Gasteiger partial charge in [-0.25, -0.2) is 0 Å². The lowest BCUT2D eigenvalue weighted by atomic mass is 9.99. The van der Waals surface area contributed by atoms with E-state index in [2.05, 4.69) is 10.6 Å². The number of ether oxygens (including phenoxy) is 3. The summed E-state index contributed by atoms with van der Waals surface area (Å²) in [5.74, 6) is -0.716. The molecule has 6 unspecified atom stereocenters. The first-order valence-corrected chi connectivity index (χ1v) is 14.7. The maximum atomic E-state index is 13.9. The quantitative estimate of drug-likeness (QED) is 0.113. The molecule has 3 aromatic carbocycles. The second-order valence-electron chi connectivity index (χ2n) is 10.9. The number of nitrogen functional groups attached to an aromatic ring is 1. The van der Waals surface area contributed by atoms with Gasteiger partial charge in [0.2, 0.25) is 6.29 Å². The van der Waals surface area contributed by atoms with Crippen molar-refractivity contribution in [1.82, 2.24) is 4.90 Å². The summed E-state index contributed by atoms with van der Waals surface area (Å²) in [6.07, 6.45) is -7.58. The molecule has 2 fully saturated rings. The lowest BCUT2D eigenvalue weighted by Gasteiger charge is -2.39. The van der Waals surface area contributed by atoms with Gasteiger partial charge in [-0.2, -0.15) is 0 Å². The van der Waals surface area contributed by atoms with E-state index in [4.69, 9.17) is 25.4 Å². The fraction of sp³-hybridized carbons (Fsp3) is 0.344. The fourth-order valence-corrected chi connectivity index (χ4v) is 5.20. The van der Waals surface area contributed by atoms with Crippen molar-refractivity contribution in [2.45, 2.75) is 36.7 Å². The summed E-state index contributed by atoms with van der Waals surface area (Å²) in [4.78, 5) is 28.5.